The predicted molar refractivity (Wildman–Crippen MR) is 90.9 cm³/mol. The highest BCUT2D eigenvalue weighted by atomic mass is 16.2. The number of likely N-dealkylation sites (tertiary alicyclic amines) is 1. The van der Waals surface area contributed by atoms with Gasteiger partial charge >= 0.3 is 0 Å². The maximum absolute atomic E-state index is 13.0. The average Bonchev–Trinajstić information content (AvgIpc) is 3.20. The molecule has 0 N–H and O–H groups in total. The van der Waals surface area contributed by atoms with Gasteiger partial charge in [-0.15, -0.1) is 0 Å². The third-order valence-corrected chi connectivity index (χ3v) is 5.27. The number of fused-ring (bicyclic) bond motifs is 1. The van der Waals surface area contributed by atoms with Gasteiger partial charge in [-0.3, -0.25) is 4.79 Å². The van der Waals surface area contributed by atoms with Crippen LogP contribution in [0.5, 0.6) is 0 Å². The number of allylic oxidation sites excluding steroid dienone is 2. The number of rotatable bonds is 2. The van der Waals surface area contributed by atoms with Crippen molar-refractivity contribution >= 4 is 16.9 Å². The van der Waals surface area contributed by atoms with Gasteiger partial charge in [0.1, 0.15) is 5.82 Å². The van der Waals surface area contributed by atoms with E-state index in [-0.39, 0.29) is 12.0 Å². The molecule has 4 nitrogen and oxygen atoms in total. The number of hydrogen-bond acceptors (Lipinski definition) is 2. The molecule has 2 unspecified atom stereocenters. The van der Waals surface area contributed by atoms with E-state index >= 15 is 0 Å². The summed E-state index contributed by atoms with van der Waals surface area (Å²) in [6.07, 6.45) is 9.35. The van der Waals surface area contributed by atoms with Gasteiger partial charge in [-0.1, -0.05) is 24.3 Å². The summed E-state index contributed by atoms with van der Waals surface area (Å²) in [6.45, 7) is 0.868. The van der Waals surface area contributed by atoms with Gasteiger partial charge < -0.3 is 9.47 Å². The third-order valence-electron chi connectivity index (χ3n) is 5.27. The largest absolute Gasteiger partial charge is 0.332 e. The van der Waals surface area contributed by atoms with Crippen LogP contribution in [-0.4, -0.2) is 26.9 Å². The second-order valence-corrected chi connectivity index (χ2v) is 6.69. The highest BCUT2D eigenvalue weighted by Crippen LogP contribution is 2.35. The van der Waals surface area contributed by atoms with E-state index in [1.165, 1.54) is 0 Å². The van der Waals surface area contributed by atoms with E-state index in [1.807, 2.05) is 18.2 Å². The molecule has 2 aromatic rings. The number of imidazole rings is 1. The van der Waals surface area contributed by atoms with Crippen molar-refractivity contribution in [3.05, 3.63) is 42.2 Å². The second kappa shape index (κ2) is 5.84. The van der Waals surface area contributed by atoms with E-state index < -0.39 is 0 Å². The molecule has 4 heteroatoms. The summed E-state index contributed by atoms with van der Waals surface area (Å²) in [7, 11) is 2.06. The van der Waals surface area contributed by atoms with Crippen LogP contribution in [0.2, 0.25) is 0 Å². The molecule has 2 aliphatic rings. The highest BCUT2D eigenvalue weighted by molar-refractivity contribution is 5.80. The Bertz CT molecular complexity index is 761. The first kappa shape index (κ1) is 14.5. The minimum absolute atomic E-state index is 0.130. The predicted octanol–water partition coefficient (Wildman–Crippen LogP) is 3.59. The van der Waals surface area contributed by atoms with Crippen LogP contribution in [0.1, 0.15) is 44.0 Å². The minimum Gasteiger partial charge on any atom is -0.332 e. The smallest absolute Gasteiger partial charge is 0.226 e. The molecule has 0 saturated carbocycles. The molecule has 120 valence electrons. The maximum Gasteiger partial charge on any atom is 0.226 e. The second-order valence-electron chi connectivity index (χ2n) is 6.69. The summed E-state index contributed by atoms with van der Waals surface area (Å²) in [4.78, 5) is 19.9. The van der Waals surface area contributed by atoms with Crippen molar-refractivity contribution in [3.8, 4) is 0 Å². The minimum atomic E-state index is 0.130. The van der Waals surface area contributed by atoms with Gasteiger partial charge in [0.05, 0.1) is 17.1 Å². The summed E-state index contributed by atoms with van der Waals surface area (Å²) < 4.78 is 2.16. The lowest BCUT2D eigenvalue weighted by atomic mass is 9.93. The number of aryl methyl sites for hydroxylation is 1. The lowest BCUT2D eigenvalue weighted by Crippen LogP contribution is -2.36. The maximum atomic E-state index is 13.0. The van der Waals surface area contributed by atoms with Crippen molar-refractivity contribution in [2.45, 2.75) is 38.1 Å². The summed E-state index contributed by atoms with van der Waals surface area (Å²) in [5.74, 6) is 1.52. The number of amides is 1. The van der Waals surface area contributed by atoms with Crippen LogP contribution in [0.15, 0.2) is 36.4 Å². The SMILES string of the molecule is Cn1c(C2CCCN2C(=O)C2CC=CCC2)nc2ccccc21. The van der Waals surface area contributed by atoms with Crippen LogP contribution in [0.3, 0.4) is 0 Å². The van der Waals surface area contributed by atoms with Gasteiger partial charge in [0.15, 0.2) is 0 Å². The van der Waals surface area contributed by atoms with Crippen molar-refractivity contribution in [1.82, 2.24) is 14.5 Å². The van der Waals surface area contributed by atoms with E-state index in [1.54, 1.807) is 0 Å². The monoisotopic (exact) mass is 309 g/mol. The number of aromatic nitrogens is 2. The van der Waals surface area contributed by atoms with Crippen LogP contribution in [0, 0.1) is 5.92 Å². The number of nitrogens with zero attached hydrogens (tertiary/aromatic N) is 3. The molecule has 4 rings (SSSR count). The van der Waals surface area contributed by atoms with E-state index in [0.29, 0.717) is 5.91 Å². The molecule has 2 atom stereocenters. The van der Waals surface area contributed by atoms with Crippen LogP contribution in [0.25, 0.3) is 11.0 Å². The molecule has 1 fully saturated rings. The lowest BCUT2D eigenvalue weighted by Gasteiger charge is -2.29. The van der Waals surface area contributed by atoms with Crippen molar-refractivity contribution in [2.24, 2.45) is 13.0 Å². The zero-order valence-electron chi connectivity index (χ0n) is 13.6. The Morgan fingerprint density at radius 1 is 1.22 bits per heavy atom. The molecule has 1 aliphatic heterocycles. The summed E-state index contributed by atoms with van der Waals surface area (Å²) in [6, 6.07) is 8.33. The van der Waals surface area contributed by atoms with Crippen LogP contribution < -0.4 is 0 Å². The van der Waals surface area contributed by atoms with Gasteiger partial charge in [0.2, 0.25) is 5.91 Å². The third kappa shape index (κ3) is 2.46. The molecule has 1 aromatic heterocycles. The fourth-order valence-corrected chi connectivity index (χ4v) is 4.01. The topological polar surface area (TPSA) is 38.1 Å². The first-order chi connectivity index (χ1) is 11.3. The van der Waals surface area contributed by atoms with E-state index in [0.717, 1.165) is 55.5 Å². The number of benzene rings is 1. The van der Waals surface area contributed by atoms with E-state index in [9.17, 15) is 4.79 Å². The van der Waals surface area contributed by atoms with Crippen LogP contribution in [0.4, 0.5) is 0 Å². The molecule has 2 heterocycles. The Morgan fingerprint density at radius 2 is 2.09 bits per heavy atom. The van der Waals surface area contributed by atoms with E-state index in [2.05, 4.69) is 34.7 Å². The van der Waals surface area contributed by atoms with Crippen LogP contribution >= 0.6 is 0 Å². The number of para-hydroxylation sites is 2. The first-order valence-corrected chi connectivity index (χ1v) is 8.62. The van der Waals surface area contributed by atoms with Gasteiger partial charge in [0, 0.05) is 19.5 Å². The first-order valence-electron chi connectivity index (χ1n) is 8.62. The normalized spacial score (nSPS) is 24.5. The molecule has 1 aromatic carbocycles. The molecule has 1 amide bonds. The van der Waals surface area contributed by atoms with Gasteiger partial charge in [-0.2, -0.15) is 0 Å². The fraction of sp³-hybridized carbons (Fsp3) is 0.474. The molecular weight excluding hydrogens is 286 g/mol. The fourth-order valence-electron chi connectivity index (χ4n) is 4.01. The van der Waals surface area contributed by atoms with E-state index in [4.69, 9.17) is 4.98 Å². The molecule has 1 aliphatic carbocycles. The number of carbonyl (C=O) groups excluding carboxylic acids is 1. The lowest BCUT2D eigenvalue weighted by molar-refractivity contribution is -0.136. The van der Waals surface area contributed by atoms with Crippen molar-refractivity contribution < 1.29 is 4.79 Å². The standard InChI is InChI=1S/C19H23N3O/c1-21-16-11-6-5-10-15(16)20-18(21)17-12-7-13-22(17)19(23)14-8-3-2-4-9-14/h2-3,5-6,10-11,14,17H,4,7-9,12-13H2,1H3. The Labute approximate surface area is 136 Å². The summed E-state index contributed by atoms with van der Waals surface area (Å²) in [5, 5.41) is 0. The van der Waals surface area contributed by atoms with Gasteiger partial charge in [-0.05, 0) is 44.2 Å². The Balaban J connectivity index is 1.65. The van der Waals surface area contributed by atoms with Crippen molar-refractivity contribution in [1.29, 1.82) is 0 Å². The Kier molecular flexibility index (Phi) is 3.68. The zero-order valence-corrected chi connectivity index (χ0v) is 13.6. The molecule has 23 heavy (non-hydrogen) atoms. The molecule has 0 spiro atoms. The summed E-state index contributed by atoms with van der Waals surface area (Å²) in [5.41, 5.74) is 2.16. The highest BCUT2D eigenvalue weighted by Gasteiger charge is 2.36. The summed E-state index contributed by atoms with van der Waals surface area (Å²) >= 11 is 0. The molecular formula is C19H23N3O. The van der Waals surface area contributed by atoms with Gasteiger partial charge in [-0.25, -0.2) is 4.98 Å². The number of carbonyl (C=O) groups is 1. The number of hydrogen-bond donors (Lipinski definition) is 0. The van der Waals surface area contributed by atoms with Crippen LogP contribution in [-0.2, 0) is 11.8 Å². The average molecular weight is 309 g/mol. The molecule has 1 saturated heterocycles. The zero-order chi connectivity index (χ0) is 15.8. The molecule has 0 bridgehead atoms. The van der Waals surface area contributed by atoms with Crippen molar-refractivity contribution in [2.75, 3.05) is 6.54 Å². The Morgan fingerprint density at radius 3 is 2.87 bits per heavy atom. The van der Waals surface area contributed by atoms with Gasteiger partial charge in [0.25, 0.3) is 0 Å². The quantitative estimate of drug-likeness (QED) is 0.795. The molecule has 0 radical (unpaired) electrons. The Hall–Kier alpha value is -2.10. The van der Waals surface area contributed by atoms with Crippen molar-refractivity contribution in [3.63, 3.8) is 0 Å².